The van der Waals surface area contributed by atoms with E-state index >= 15 is 0 Å². The van der Waals surface area contributed by atoms with Gasteiger partial charge in [0.2, 0.25) is 0 Å². The minimum Gasteiger partial charge on any atom is -0.633 e. The molecule has 4 nitrogen and oxygen atoms in total. The zero-order valence-electron chi connectivity index (χ0n) is 16.8. The Hall–Kier alpha value is -2.47. The number of rotatable bonds is 5. The van der Waals surface area contributed by atoms with Gasteiger partial charge in [0.25, 0.3) is 0 Å². The molecule has 3 unspecified atom stereocenters. The zero-order valence-corrected chi connectivity index (χ0v) is 17.7. The first-order valence-corrected chi connectivity index (χ1v) is 10.5. The minimum absolute atomic E-state index is 0.175. The largest absolute Gasteiger partial charge is 0.633 e. The van der Waals surface area contributed by atoms with E-state index < -0.39 is 4.87 Å². The van der Waals surface area contributed by atoms with Gasteiger partial charge in [-0.25, -0.2) is 0 Å². The third-order valence-electron chi connectivity index (χ3n) is 5.50. The Labute approximate surface area is 176 Å². The number of fused-ring (bicyclic) bond motifs is 1. The van der Waals surface area contributed by atoms with E-state index in [2.05, 4.69) is 6.07 Å². The van der Waals surface area contributed by atoms with Gasteiger partial charge in [-0.1, -0.05) is 66.4 Å². The predicted molar refractivity (Wildman–Crippen MR) is 116 cm³/mol. The fourth-order valence-electron chi connectivity index (χ4n) is 3.87. The van der Waals surface area contributed by atoms with Crippen LogP contribution in [-0.4, -0.2) is 7.11 Å². The summed E-state index contributed by atoms with van der Waals surface area (Å²) in [7, 11) is 1.63. The highest BCUT2D eigenvalue weighted by atomic mass is 32.2. The van der Waals surface area contributed by atoms with Crippen LogP contribution in [0.25, 0.3) is 0 Å². The highest BCUT2D eigenvalue weighted by molar-refractivity contribution is 8.00. The molecule has 0 fully saturated rings. The molecule has 0 spiro atoms. The second kappa shape index (κ2) is 8.11. The van der Waals surface area contributed by atoms with Gasteiger partial charge in [-0.05, 0) is 30.7 Å². The summed E-state index contributed by atoms with van der Waals surface area (Å²) in [6.45, 7) is 4.40. The van der Waals surface area contributed by atoms with Crippen molar-refractivity contribution in [2.75, 3.05) is 7.11 Å². The van der Waals surface area contributed by atoms with Gasteiger partial charge in [-0.3, -0.25) is 0 Å². The van der Waals surface area contributed by atoms with E-state index in [-0.39, 0.29) is 11.1 Å². The van der Waals surface area contributed by atoms with Crippen LogP contribution >= 0.6 is 11.8 Å². The van der Waals surface area contributed by atoms with Gasteiger partial charge >= 0.3 is 0 Å². The van der Waals surface area contributed by atoms with Crippen LogP contribution in [0.5, 0.6) is 11.5 Å². The van der Waals surface area contributed by atoms with Crippen molar-refractivity contribution in [1.82, 2.24) is 0 Å². The summed E-state index contributed by atoms with van der Waals surface area (Å²) in [5.74, 6) is 1.27. The van der Waals surface area contributed by atoms with Crippen molar-refractivity contribution < 1.29 is 14.5 Å². The molecule has 0 saturated carbocycles. The average molecular weight is 408 g/mol. The summed E-state index contributed by atoms with van der Waals surface area (Å²) in [4.78, 5) is 0.382. The standard InChI is InChI=1S/C24H25NO3S/c1-17-19-12-7-8-15-22(19)29-24(2,25(17)26)20-13-9-14-21(27-3)23(20)28-16-18-10-5-4-6-11-18/h4-15,17,25H,16H2,1-3H3. The first kappa shape index (κ1) is 19.8. The topological polar surface area (TPSA) is 46.0 Å². The van der Waals surface area contributed by atoms with Crippen molar-refractivity contribution in [3.8, 4) is 11.5 Å². The smallest absolute Gasteiger partial charge is 0.175 e. The lowest BCUT2D eigenvalue weighted by atomic mass is 10.0. The maximum atomic E-state index is 13.5. The van der Waals surface area contributed by atoms with Crippen LogP contribution in [-0.2, 0) is 11.5 Å². The number of benzene rings is 3. The summed E-state index contributed by atoms with van der Waals surface area (Å²) >= 11 is 1.59. The molecule has 1 aliphatic rings. The number of para-hydroxylation sites is 1. The number of ether oxygens (including phenoxy) is 2. The Bertz CT molecular complexity index is 994. The summed E-state index contributed by atoms with van der Waals surface area (Å²) in [6.07, 6.45) is 0. The Morgan fingerprint density at radius 2 is 1.72 bits per heavy atom. The molecule has 0 amide bonds. The van der Waals surface area contributed by atoms with E-state index in [0.717, 1.165) is 21.6 Å². The molecule has 3 aromatic carbocycles. The number of hydrogen-bond donors (Lipinski definition) is 1. The second-order valence-electron chi connectivity index (χ2n) is 7.37. The lowest BCUT2D eigenvalue weighted by Gasteiger charge is -2.48. The molecule has 1 N–H and O–H groups in total. The molecule has 3 aromatic rings. The normalized spacial score (nSPS) is 23.3. The van der Waals surface area contributed by atoms with Crippen LogP contribution in [0.1, 0.15) is 36.6 Å². The van der Waals surface area contributed by atoms with Crippen LogP contribution in [0.15, 0.2) is 77.7 Å². The van der Waals surface area contributed by atoms with Gasteiger partial charge in [0.05, 0.1) is 12.7 Å². The highest BCUT2D eigenvalue weighted by Gasteiger charge is 2.45. The van der Waals surface area contributed by atoms with Crippen molar-refractivity contribution in [2.45, 2.75) is 36.3 Å². The Kier molecular flexibility index (Phi) is 5.54. The highest BCUT2D eigenvalue weighted by Crippen LogP contribution is 2.48. The molecule has 29 heavy (non-hydrogen) atoms. The van der Waals surface area contributed by atoms with Crippen LogP contribution < -0.4 is 14.5 Å². The first-order valence-electron chi connectivity index (χ1n) is 9.71. The summed E-state index contributed by atoms with van der Waals surface area (Å²) in [6, 6.07) is 23.8. The first-order chi connectivity index (χ1) is 14.0. The van der Waals surface area contributed by atoms with Crippen LogP contribution in [0.4, 0.5) is 0 Å². The van der Waals surface area contributed by atoms with Crippen LogP contribution in [0.3, 0.4) is 0 Å². The molecule has 0 bridgehead atoms. The van der Waals surface area contributed by atoms with Gasteiger partial charge in [-0.2, -0.15) is 0 Å². The molecular weight excluding hydrogens is 382 g/mol. The van der Waals surface area contributed by atoms with Crippen LogP contribution in [0, 0.1) is 5.21 Å². The Morgan fingerprint density at radius 3 is 2.48 bits per heavy atom. The molecule has 150 valence electrons. The van der Waals surface area contributed by atoms with E-state index in [9.17, 15) is 5.21 Å². The predicted octanol–water partition coefficient (Wildman–Crippen LogP) is 4.70. The Balaban J connectivity index is 1.76. The molecule has 0 saturated heterocycles. The van der Waals surface area contributed by atoms with Gasteiger partial charge in [0.15, 0.2) is 16.4 Å². The van der Waals surface area contributed by atoms with E-state index in [0.29, 0.717) is 18.1 Å². The molecule has 5 heteroatoms. The minimum atomic E-state index is -0.756. The molecule has 4 rings (SSSR count). The molecule has 1 heterocycles. The van der Waals surface area contributed by atoms with Gasteiger partial charge < -0.3 is 19.7 Å². The van der Waals surface area contributed by atoms with Crippen LogP contribution in [0.2, 0.25) is 0 Å². The van der Waals surface area contributed by atoms with E-state index in [1.807, 2.05) is 80.6 Å². The monoisotopic (exact) mass is 407 g/mol. The van der Waals surface area contributed by atoms with Crippen molar-refractivity contribution in [3.63, 3.8) is 0 Å². The summed E-state index contributed by atoms with van der Waals surface area (Å²) in [5, 5.41) is 13.7. The SMILES string of the molecule is COc1cccc(C2(C)Sc3ccccc3C(C)[NH+]2[O-])c1OCc1ccccc1. The number of hydrogen-bond acceptors (Lipinski definition) is 4. The fraction of sp³-hybridized carbons (Fsp3) is 0.250. The molecule has 0 aliphatic carbocycles. The van der Waals surface area contributed by atoms with E-state index in [1.54, 1.807) is 18.9 Å². The van der Waals surface area contributed by atoms with Gasteiger partial charge in [-0.15, -0.1) is 0 Å². The number of nitrogens with one attached hydrogen (secondary N) is 1. The number of quaternary nitrogens is 1. The Morgan fingerprint density at radius 1 is 1.00 bits per heavy atom. The van der Waals surface area contributed by atoms with Crippen molar-refractivity contribution in [1.29, 1.82) is 0 Å². The quantitative estimate of drug-likeness (QED) is 0.623. The average Bonchev–Trinajstić information content (AvgIpc) is 2.76. The molecule has 0 aromatic heterocycles. The number of methoxy groups -OCH3 is 1. The fourth-order valence-corrected chi connectivity index (χ4v) is 5.37. The van der Waals surface area contributed by atoms with Crippen molar-refractivity contribution in [3.05, 3.63) is 94.7 Å². The summed E-state index contributed by atoms with van der Waals surface area (Å²) < 4.78 is 11.8. The summed E-state index contributed by atoms with van der Waals surface area (Å²) in [5.41, 5.74) is 3.01. The lowest BCUT2D eigenvalue weighted by Crippen LogP contribution is -3.14. The zero-order chi connectivity index (χ0) is 20.4. The van der Waals surface area contributed by atoms with Gasteiger partial charge in [0.1, 0.15) is 12.6 Å². The maximum absolute atomic E-state index is 13.5. The number of hydroxylamine groups is 2. The number of thioether (sulfide) groups is 1. The lowest BCUT2D eigenvalue weighted by molar-refractivity contribution is -0.923. The molecular formula is C24H25NO3S. The second-order valence-corrected chi connectivity index (χ2v) is 8.83. The third kappa shape index (κ3) is 3.62. The molecule has 1 aliphatic heterocycles. The van der Waals surface area contributed by atoms with Gasteiger partial charge in [0, 0.05) is 17.4 Å². The van der Waals surface area contributed by atoms with Crippen molar-refractivity contribution >= 4 is 11.8 Å². The third-order valence-corrected chi connectivity index (χ3v) is 6.92. The molecule has 0 radical (unpaired) electrons. The maximum Gasteiger partial charge on any atom is 0.175 e. The van der Waals surface area contributed by atoms with E-state index in [4.69, 9.17) is 9.47 Å². The van der Waals surface area contributed by atoms with Crippen molar-refractivity contribution in [2.24, 2.45) is 0 Å². The molecule has 3 atom stereocenters. The van der Waals surface area contributed by atoms with E-state index in [1.165, 1.54) is 0 Å².